The molecule has 0 fully saturated rings. The van der Waals surface area contributed by atoms with Crippen molar-refractivity contribution in [3.05, 3.63) is 36.0 Å². The summed E-state index contributed by atoms with van der Waals surface area (Å²) in [5.74, 6) is 2.63. The fraction of sp³-hybridized carbons (Fsp3) is 0.231. The van der Waals surface area contributed by atoms with Gasteiger partial charge in [0.05, 0.1) is 6.61 Å². The van der Waals surface area contributed by atoms with Gasteiger partial charge in [-0.1, -0.05) is 12.1 Å². The van der Waals surface area contributed by atoms with Crippen LogP contribution in [-0.4, -0.2) is 9.67 Å². The van der Waals surface area contributed by atoms with Crippen LogP contribution in [0.15, 0.2) is 30.5 Å². The summed E-state index contributed by atoms with van der Waals surface area (Å²) in [6.45, 7) is 0.908. The van der Waals surface area contributed by atoms with Crippen LogP contribution in [0.3, 0.4) is 0 Å². The highest BCUT2D eigenvalue weighted by Gasteiger charge is 2.03. The van der Waals surface area contributed by atoms with Gasteiger partial charge in [0.15, 0.2) is 0 Å². The van der Waals surface area contributed by atoms with Crippen molar-refractivity contribution in [1.29, 1.82) is 0 Å². The lowest BCUT2D eigenvalue weighted by molar-refractivity contribution is 0.283. The fourth-order valence-electron chi connectivity index (χ4n) is 1.81. The van der Waals surface area contributed by atoms with Crippen LogP contribution < -0.4 is 0 Å². The van der Waals surface area contributed by atoms with Gasteiger partial charge in [-0.05, 0) is 17.7 Å². The van der Waals surface area contributed by atoms with Gasteiger partial charge in [0.25, 0.3) is 0 Å². The zero-order chi connectivity index (χ0) is 10.7. The summed E-state index contributed by atoms with van der Waals surface area (Å²) in [6.07, 6.45) is 7.99. The first-order chi connectivity index (χ1) is 7.36. The summed E-state index contributed by atoms with van der Waals surface area (Å²) in [4.78, 5) is 0. The molecule has 0 aliphatic carbocycles. The number of aliphatic hydroxyl groups excluding tert-OH is 1. The van der Waals surface area contributed by atoms with Crippen LogP contribution in [0.5, 0.6) is 0 Å². The van der Waals surface area contributed by atoms with Crippen LogP contribution in [-0.2, 0) is 13.2 Å². The Morgan fingerprint density at radius 1 is 1.33 bits per heavy atom. The number of benzene rings is 1. The lowest BCUT2D eigenvalue weighted by Gasteiger charge is -2.03. The number of hydrogen-bond acceptors (Lipinski definition) is 1. The average molecular weight is 199 g/mol. The molecule has 0 unspecified atom stereocenters. The predicted octanol–water partition coefficient (Wildman–Crippen LogP) is 2.16. The Bertz CT molecular complexity index is 505. The second-order valence-electron chi connectivity index (χ2n) is 3.47. The third-order valence-electron chi connectivity index (χ3n) is 2.57. The molecule has 0 bridgehead atoms. The Balaban J connectivity index is 2.47. The van der Waals surface area contributed by atoms with E-state index in [1.165, 1.54) is 0 Å². The van der Waals surface area contributed by atoms with Gasteiger partial charge in [-0.15, -0.1) is 12.3 Å². The molecule has 0 amide bonds. The number of rotatable bonds is 3. The molecule has 1 aromatic heterocycles. The van der Waals surface area contributed by atoms with Crippen molar-refractivity contribution >= 4 is 10.9 Å². The van der Waals surface area contributed by atoms with Gasteiger partial charge in [0.1, 0.15) is 0 Å². The van der Waals surface area contributed by atoms with E-state index < -0.39 is 0 Å². The van der Waals surface area contributed by atoms with Crippen molar-refractivity contribution in [3.8, 4) is 12.3 Å². The van der Waals surface area contributed by atoms with Gasteiger partial charge in [0, 0.05) is 30.1 Å². The molecule has 15 heavy (non-hydrogen) atoms. The molecule has 2 aromatic rings. The first-order valence-electron chi connectivity index (χ1n) is 4.98. The molecule has 0 radical (unpaired) electrons. The van der Waals surface area contributed by atoms with E-state index in [1.807, 2.05) is 30.5 Å². The predicted molar refractivity (Wildman–Crippen MR) is 61.3 cm³/mol. The van der Waals surface area contributed by atoms with Gasteiger partial charge in [-0.25, -0.2) is 0 Å². The number of aromatic nitrogens is 1. The summed E-state index contributed by atoms with van der Waals surface area (Å²) in [5.41, 5.74) is 2.10. The number of terminal acetylenes is 1. The maximum absolute atomic E-state index is 9.18. The summed E-state index contributed by atoms with van der Waals surface area (Å²) < 4.78 is 2.12. The molecule has 2 nitrogen and oxygen atoms in total. The minimum atomic E-state index is 0.0799. The van der Waals surface area contributed by atoms with Gasteiger partial charge >= 0.3 is 0 Å². The quantitative estimate of drug-likeness (QED) is 0.753. The normalized spacial score (nSPS) is 10.4. The molecule has 1 heterocycles. The zero-order valence-electron chi connectivity index (χ0n) is 8.48. The first-order valence-corrected chi connectivity index (χ1v) is 4.98. The molecule has 0 saturated heterocycles. The van der Waals surface area contributed by atoms with Crippen LogP contribution in [0.4, 0.5) is 0 Å². The van der Waals surface area contributed by atoms with Crippen LogP contribution >= 0.6 is 0 Å². The molecule has 1 aromatic carbocycles. The molecule has 0 atom stereocenters. The largest absolute Gasteiger partial charge is 0.392 e. The molecule has 1 N–H and O–H groups in total. The topological polar surface area (TPSA) is 25.2 Å². The van der Waals surface area contributed by atoms with Gasteiger partial charge < -0.3 is 9.67 Å². The number of aliphatic hydroxyl groups is 1. The van der Waals surface area contributed by atoms with E-state index in [0.29, 0.717) is 0 Å². The summed E-state index contributed by atoms with van der Waals surface area (Å²) in [5, 5.41) is 10.3. The van der Waals surface area contributed by atoms with E-state index in [-0.39, 0.29) is 6.61 Å². The molecule has 2 heteroatoms. The number of nitrogens with zero attached hydrogens (tertiary/aromatic N) is 1. The van der Waals surface area contributed by atoms with Gasteiger partial charge in [-0.2, -0.15) is 0 Å². The van der Waals surface area contributed by atoms with Crippen LogP contribution in [0.2, 0.25) is 0 Å². The summed E-state index contributed by atoms with van der Waals surface area (Å²) in [6, 6.07) is 7.97. The molecule has 0 aliphatic rings. The van der Waals surface area contributed by atoms with Gasteiger partial charge in [0.2, 0.25) is 0 Å². The molecular formula is C13H13NO. The first kappa shape index (κ1) is 9.82. The van der Waals surface area contributed by atoms with Crippen molar-refractivity contribution in [3.63, 3.8) is 0 Å². The smallest absolute Gasteiger partial charge is 0.0688 e. The van der Waals surface area contributed by atoms with E-state index in [0.717, 1.165) is 29.4 Å². The van der Waals surface area contributed by atoms with Crippen LogP contribution in [0.1, 0.15) is 12.0 Å². The fourth-order valence-corrected chi connectivity index (χ4v) is 1.81. The second kappa shape index (κ2) is 4.20. The van der Waals surface area contributed by atoms with Gasteiger partial charge in [-0.3, -0.25) is 0 Å². The third-order valence-corrected chi connectivity index (χ3v) is 2.57. The van der Waals surface area contributed by atoms with Crippen molar-refractivity contribution in [2.45, 2.75) is 19.6 Å². The van der Waals surface area contributed by atoms with Crippen molar-refractivity contribution in [2.75, 3.05) is 0 Å². The van der Waals surface area contributed by atoms with Crippen molar-refractivity contribution < 1.29 is 5.11 Å². The molecule has 0 saturated carbocycles. The SMILES string of the molecule is C#CCCn1ccc2c(CO)cccc21. The molecular weight excluding hydrogens is 186 g/mol. The molecule has 76 valence electrons. The van der Waals surface area contributed by atoms with E-state index >= 15 is 0 Å². The summed E-state index contributed by atoms with van der Waals surface area (Å²) >= 11 is 0. The second-order valence-corrected chi connectivity index (χ2v) is 3.47. The molecule has 0 aliphatic heterocycles. The summed E-state index contributed by atoms with van der Waals surface area (Å²) in [7, 11) is 0. The maximum Gasteiger partial charge on any atom is 0.0688 e. The number of aryl methyl sites for hydroxylation is 1. The standard InChI is InChI=1S/C13H13NO/c1-2-3-8-14-9-7-12-11(10-15)5-4-6-13(12)14/h1,4-7,9,15H,3,8,10H2. The minimum absolute atomic E-state index is 0.0799. The monoisotopic (exact) mass is 199 g/mol. The Morgan fingerprint density at radius 3 is 2.93 bits per heavy atom. The Labute approximate surface area is 89.2 Å². The Hall–Kier alpha value is -1.72. The minimum Gasteiger partial charge on any atom is -0.392 e. The van der Waals surface area contributed by atoms with E-state index in [1.54, 1.807) is 0 Å². The third kappa shape index (κ3) is 1.74. The molecule has 2 rings (SSSR count). The Morgan fingerprint density at radius 2 is 2.20 bits per heavy atom. The highest BCUT2D eigenvalue weighted by Crippen LogP contribution is 2.20. The number of fused-ring (bicyclic) bond motifs is 1. The van der Waals surface area contributed by atoms with Crippen LogP contribution in [0, 0.1) is 12.3 Å². The zero-order valence-corrected chi connectivity index (χ0v) is 8.48. The highest BCUT2D eigenvalue weighted by atomic mass is 16.3. The lowest BCUT2D eigenvalue weighted by atomic mass is 10.1. The van der Waals surface area contributed by atoms with Crippen molar-refractivity contribution in [1.82, 2.24) is 4.57 Å². The van der Waals surface area contributed by atoms with E-state index in [4.69, 9.17) is 6.42 Å². The maximum atomic E-state index is 9.18. The number of hydrogen-bond donors (Lipinski definition) is 1. The lowest BCUT2D eigenvalue weighted by Crippen LogP contribution is -1.94. The van der Waals surface area contributed by atoms with E-state index in [2.05, 4.69) is 10.5 Å². The van der Waals surface area contributed by atoms with Crippen molar-refractivity contribution in [2.24, 2.45) is 0 Å². The van der Waals surface area contributed by atoms with E-state index in [9.17, 15) is 5.11 Å². The van der Waals surface area contributed by atoms with Crippen LogP contribution in [0.25, 0.3) is 10.9 Å². The average Bonchev–Trinajstić information content (AvgIpc) is 2.69. The highest BCUT2D eigenvalue weighted by molar-refractivity contribution is 5.83. The molecule has 0 spiro atoms. The Kier molecular flexibility index (Phi) is 2.75.